The molecule has 4 atom stereocenters. The first-order valence-electron chi connectivity index (χ1n) is 8.30. The van der Waals surface area contributed by atoms with E-state index >= 15 is 0 Å². The molecule has 0 aromatic heterocycles. The van der Waals surface area contributed by atoms with Crippen LogP contribution in [-0.4, -0.2) is 74.9 Å². The van der Waals surface area contributed by atoms with Crippen LogP contribution in [0.5, 0.6) is 0 Å². The van der Waals surface area contributed by atoms with Crippen molar-refractivity contribution in [3.63, 3.8) is 0 Å². The molecule has 1 N–H and O–H groups in total. The minimum absolute atomic E-state index is 0. The Morgan fingerprint density at radius 3 is 2.81 bits per heavy atom. The topological polar surface area (TPSA) is 27.7 Å². The summed E-state index contributed by atoms with van der Waals surface area (Å²) in [7, 11) is 4.41. The van der Waals surface area contributed by atoms with E-state index in [2.05, 4.69) is 36.1 Å². The van der Waals surface area contributed by atoms with Gasteiger partial charge in [-0.15, -0.1) is 12.4 Å². The first kappa shape index (κ1) is 17.5. The van der Waals surface area contributed by atoms with Crippen LogP contribution in [0.3, 0.4) is 0 Å². The molecule has 4 nitrogen and oxygen atoms in total. The van der Waals surface area contributed by atoms with Crippen LogP contribution in [0.4, 0.5) is 0 Å². The lowest BCUT2D eigenvalue weighted by atomic mass is 9.83. The third kappa shape index (κ3) is 3.91. The number of rotatable bonds is 3. The lowest BCUT2D eigenvalue weighted by Crippen LogP contribution is -2.58. The smallest absolute Gasteiger partial charge is 0.0745 e. The van der Waals surface area contributed by atoms with Crippen molar-refractivity contribution in [2.75, 3.05) is 46.9 Å². The van der Waals surface area contributed by atoms with Gasteiger partial charge in [0, 0.05) is 31.7 Å². The molecule has 3 fully saturated rings. The third-order valence-corrected chi connectivity index (χ3v) is 5.68. The van der Waals surface area contributed by atoms with E-state index in [1.54, 1.807) is 0 Å². The minimum Gasteiger partial charge on any atom is -0.375 e. The SMILES string of the molecule is CN(C)C1CCC2C(C1)OCCN2CC1(C)CCNC1.Cl. The first-order chi connectivity index (χ1) is 9.57. The number of morpholine rings is 1. The van der Waals surface area contributed by atoms with Gasteiger partial charge in [0.2, 0.25) is 0 Å². The van der Waals surface area contributed by atoms with Gasteiger partial charge in [0.15, 0.2) is 0 Å². The number of nitrogens with zero attached hydrogens (tertiary/aromatic N) is 2. The van der Waals surface area contributed by atoms with Gasteiger partial charge in [0.05, 0.1) is 12.7 Å². The van der Waals surface area contributed by atoms with Gasteiger partial charge in [-0.05, 0) is 51.7 Å². The molecule has 4 unspecified atom stereocenters. The average molecular weight is 318 g/mol. The largest absolute Gasteiger partial charge is 0.375 e. The van der Waals surface area contributed by atoms with Crippen molar-refractivity contribution >= 4 is 12.4 Å². The van der Waals surface area contributed by atoms with Crippen molar-refractivity contribution in [2.24, 2.45) is 5.41 Å². The quantitative estimate of drug-likeness (QED) is 0.855. The Labute approximate surface area is 136 Å². The van der Waals surface area contributed by atoms with E-state index in [0.717, 1.165) is 13.2 Å². The highest BCUT2D eigenvalue weighted by Crippen LogP contribution is 2.34. The van der Waals surface area contributed by atoms with Crippen LogP contribution in [0.25, 0.3) is 0 Å². The molecular formula is C16H32ClN3O. The summed E-state index contributed by atoms with van der Waals surface area (Å²) in [4.78, 5) is 5.12. The Kier molecular flexibility index (Phi) is 5.94. The predicted molar refractivity (Wildman–Crippen MR) is 89.3 cm³/mol. The zero-order chi connectivity index (χ0) is 14.2. The lowest BCUT2D eigenvalue weighted by molar-refractivity contribution is -0.108. The van der Waals surface area contributed by atoms with E-state index in [0.29, 0.717) is 23.6 Å². The molecule has 2 saturated heterocycles. The van der Waals surface area contributed by atoms with Crippen LogP contribution in [0.1, 0.15) is 32.6 Å². The highest BCUT2D eigenvalue weighted by atomic mass is 35.5. The van der Waals surface area contributed by atoms with E-state index in [-0.39, 0.29) is 12.4 Å². The number of hydrogen-bond donors (Lipinski definition) is 1. The van der Waals surface area contributed by atoms with Gasteiger partial charge in [-0.25, -0.2) is 0 Å². The molecule has 1 aliphatic carbocycles. The summed E-state index contributed by atoms with van der Waals surface area (Å²) < 4.78 is 6.11. The molecule has 0 aromatic carbocycles. The van der Waals surface area contributed by atoms with Crippen LogP contribution >= 0.6 is 12.4 Å². The second-order valence-corrected chi connectivity index (χ2v) is 7.61. The number of ether oxygens (including phenoxy) is 1. The molecule has 3 rings (SSSR count). The van der Waals surface area contributed by atoms with Crippen molar-refractivity contribution in [3.05, 3.63) is 0 Å². The number of nitrogens with one attached hydrogen (secondary N) is 1. The van der Waals surface area contributed by atoms with Gasteiger partial charge >= 0.3 is 0 Å². The van der Waals surface area contributed by atoms with Gasteiger partial charge < -0.3 is 15.0 Å². The second kappa shape index (κ2) is 7.14. The lowest BCUT2D eigenvalue weighted by Gasteiger charge is -2.48. The fourth-order valence-corrected chi connectivity index (χ4v) is 4.34. The summed E-state index contributed by atoms with van der Waals surface area (Å²) in [6, 6.07) is 1.37. The third-order valence-electron chi connectivity index (χ3n) is 5.68. The second-order valence-electron chi connectivity index (χ2n) is 7.61. The number of halogens is 1. The molecule has 2 heterocycles. The van der Waals surface area contributed by atoms with Crippen molar-refractivity contribution in [2.45, 2.75) is 50.8 Å². The van der Waals surface area contributed by atoms with Crippen LogP contribution in [0.15, 0.2) is 0 Å². The fraction of sp³-hybridized carbons (Fsp3) is 1.00. The highest BCUT2D eigenvalue weighted by molar-refractivity contribution is 5.85. The molecular weight excluding hydrogens is 286 g/mol. The number of fused-ring (bicyclic) bond motifs is 1. The minimum atomic E-state index is 0. The molecule has 0 bridgehead atoms. The highest BCUT2D eigenvalue weighted by Gasteiger charge is 2.41. The Balaban J connectivity index is 0.00000161. The van der Waals surface area contributed by atoms with Gasteiger partial charge in [-0.2, -0.15) is 0 Å². The fourth-order valence-electron chi connectivity index (χ4n) is 4.34. The Bertz CT molecular complexity index is 333. The summed E-state index contributed by atoms with van der Waals surface area (Å²) in [5, 5.41) is 3.53. The molecule has 21 heavy (non-hydrogen) atoms. The number of hydrogen-bond acceptors (Lipinski definition) is 4. The maximum atomic E-state index is 6.11. The molecule has 1 saturated carbocycles. The van der Waals surface area contributed by atoms with E-state index in [1.165, 1.54) is 45.3 Å². The van der Waals surface area contributed by atoms with Gasteiger partial charge in [-0.1, -0.05) is 6.92 Å². The van der Waals surface area contributed by atoms with Crippen LogP contribution in [-0.2, 0) is 4.74 Å². The van der Waals surface area contributed by atoms with E-state index in [4.69, 9.17) is 4.74 Å². The standard InChI is InChI=1S/C16H31N3O.ClH/c1-16(6-7-17-11-16)12-19-8-9-20-15-10-13(18(2)3)4-5-14(15)19;/h13-15,17H,4-12H2,1-3H3;1H. The van der Waals surface area contributed by atoms with Crippen molar-refractivity contribution < 1.29 is 4.74 Å². The normalized spacial score (nSPS) is 40.9. The molecule has 5 heteroatoms. The van der Waals surface area contributed by atoms with E-state index in [9.17, 15) is 0 Å². The molecule has 3 aliphatic rings. The van der Waals surface area contributed by atoms with Crippen molar-refractivity contribution in [1.82, 2.24) is 15.1 Å². The Morgan fingerprint density at radius 2 is 2.14 bits per heavy atom. The average Bonchev–Trinajstić information content (AvgIpc) is 2.85. The zero-order valence-corrected chi connectivity index (χ0v) is 14.6. The van der Waals surface area contributed by atoms with Crippen LogP contribution < -0.4 is 5.32 Å². The monoisotopic (exact) mass is 317 g/mol. The summed E-state index contributed by atoms with van der Waals surface area (Å²) >= 11 is 0. The zero-order valence-electron chi connectivity index (χ0n) is 13.8. The molecule has 0 amide bonds. The molecule has 124 valence electrons. The molecule has 0 aromatic rings. The van der Waals surface area contributed by atoms with Crippen molar-refractivity contribution in [3.8, 4) is 0 Å². The molecule has 0 spiro atoms. The van der Waals surface area contributed by atoms with E-state index < -0.39 is 0 Å². The van der Waals surface area contributed by atoms with Gasteiger partial charge in [0.1, 0.15) is 0 Å². The molecule has 0 radical (unpaired) electrons. The van der Waals surface area contributed by atoms with E-state index in [1.807, 2.05) is 0 Å². The maximum Gasteiger partial charge on any atom is 0.0745 e. The predicted octanol–water partition coefficient (Wildman–Crippen LogP) is 1.59. The maximum absolute atomic E-state index is 6.11. The van der Waals surface area contributed by atoms with Crippen molar-refractivity contribution in [1.29, 1.82) is 0 Å². The van der Waals surface area contributed by atoms with Gasteiger partial charge in [0.25, 0.3) is 0 Å². The van der Waals surface area contributed by atoms with Gasteiger partial charge in [-0.3, -0.25) is 4.90 Å². The molecule has 2 aliphatic heterocycles. The first-order valence-corrected chi connectivity index (χ1v) is 8.30. The Morgan fingerprint density at radius 1 is 1.33 bits per heavy atom. The summed E-state index contributed by atoms with van der Waals surface area (Å²) in [5.74, 6) is 0. The summed E-state index contributed by atoms with van der Waals surface area (Å²) in [6.07, 6.45) is 5.62. The summed E-state index contributed by atoms with van der Waals surface area (Å²) in [6.45, 7) is 8.12. The van der Waals surface area contributed by atoms with Crippen LogP contribution in [0.2, 0.25) is 0 Å². The Hall–Kier alpha value is 0.130. The summed E-state index contributed by atoms with van der Waals surface area (Å²) in [5.41, 5.74) is 0.473. The van der Waals surface area contributed by atoms with Crippen LogP contribution in [0, 0.1) is 5.41 Å².